The first-order valence-electron chi connectivity index (χ1n) is 6.47. The molecule has 1 N–H and O–H groups in total. The van der Waals surface area contributed by atoms with Gasteiger partial charge in [0.15, 0.2) is 0 Å². The van der Waals surface area contributed by atoms with Crippen molar-refractivity contribution in [3.63, 3.8) is 0 Å². The summed E-state index contributed by atoms with van der Waals surface area (Å²) in [6.45, 7) is 4.33. The molecule has 2 nitrogen and oxygen atoms in total. The summed E-state index contributed by atoms with van der Waals surface area (Å²) in [5, 5.41) is 3.75. The zero-order chi connectivity index (χ0) is 14.1. The molecule has 1 aromatic carbocycles. The summed E-state index contributed by atoms with van der Waals surface area (Å²) in [5.41, 5.74) is 3.76. The van der Waals surface area contributed by atoms with E-state index in [1.807, 2.05) is 35.7 Å². The van der Waals surface area contributed by atoms with Crippen LogP contribution < -0.4 is 5.32 Å². The highest BCUT2D eigenvalue weighted by Gasteiger charge is 2.21. The molecule has 110 valence electrons. The van der Waals surface area contributed by atoms with Crippen LogP contribution >= 0.6 is 35.3 Å². The third kappa shape index (κ3) is 3.15. The summed E-state index contributed by atoms with van der Waals surface area (Å²) in [7, 11) is 0. The van der Waals surface area contributed by atoms with Gasteiger partial charge in [0.1, 0.15) is 0 Å². The third-order valence-corrected chi connectivity index (χ3v) is 5.01. The van der Waals surface area contributed by atoms with Gasteiger partial charge in [0.25, 0.3) is 0 Å². The Kier molecular flexibility index (Phi) is 5.09. The molecule has 1 aliphatic rings. The normalized spacial score (nSPS) is 16.4. The minimum Gasteiger partial charge on any atom is -0.353 e. The number of hydrogen-bond donors (Lipinski definition) is 1. The van der Waals surface area contributed by atoms with E-state index in [2.05, 4.69) is 36.3 Å². The van der Waals surface area contributed by atoms with Gasteiger partial charge < -0.3 is 5.32 Å². The minimum absolute atomic E-state index is 0. The van der Waals surface area contributed by atoms with Crippen molar-refractivity contribution in [2.75, 3.05) is 0 Å². The first kappa shape index (κ1) is 16.1. The number of benzene rings is 1. The Hall–Kier alpha value is -1.29. The SMILES string of the molecule is Cc1sc(-c2cccc(Cl)c2)c(C2C=CNC=N2)c1C.Cl. The van der Waals surface area contributed by atoms with Gasteiger partial charge in [-0.2, -0.15) is 0 Å². The number of hydrogen-bond acceptors (Lipinski definition) is 3. The summed E-state index contributed by atoms with van der Waals surface area (Å²) in [6, 6.07) is 8.10. The van der Waals surface area contributed by atoms with Crippen molar-refractivity contribution in [3.05, 3.63) is 57.6 Å². The van der Waals surface area contributed by atoms with Crippen molar-refractivity contribution in [1.29, 1.82) is 0 Å². The molecule has 0 saturated carbocycles. The minimum atomic E-state index is 0. The molecule has 21 heavy (non-hydrogen) atoms. The molecule has 1 unspecified atom stereocenters. The van der Waals surface area contributed by atoms with Gasteiger partial charge >= 0.3 is 0 Å². The number of rotatable bonds is 2. The maximum atomic E-state index is 6.13. The van der Waals surface area contributed by atoms with Crippen LogP contribution in [0.15, 0.2) is 41.5 Å². The van der Waals surface area contributed by atoms with Crippen LogP contribution in [0.5, 0.6) is 0 Å². The van der Waals surface area contributed by atoms with Crippen LogP contribution in [-0.2, 0) is 0 Å². The molecule has 2 aromatic rings. The average Bonchev–Trinajstić information content (AvgIpc) is 2.76. The molecule has 1 aliphatic heterocycles. The summed E-state index contributed by atoms with van der Waals surface area (Å²) < 4.78 is 0. The van der Waals surface area contributed by atoms with E-state index in [9.17, 15) is 0 Å². The molecule has 0 amide bonds. The van der Waals surface area contributed by atoms with Gasteiger partial charge in [-0.1, -0.05) is 23.7 Å². The first-order chi connectivity index (χ1) is 9.66. The highest BCUT2D eigenvalue weighted by molar-refractivity contribution is 7.15. The summed E-state index contributed by atoms with van der Waals surface area (Å²) in [6.07, 6.45) is 5.77. The number of thiophene rings is 1. The summed E-state index contributed by atoms with van der Waals surface area (Å²) >= 11 is 7.94. The molecular formula is C16H16Cl2N2S. The Morgan fingerprint density at radius 1 is 1.29 bits per heavy atom. The lowest BCUT2D eigenvalue weighted by Gasteiger charge is -2.14. The Morgan fingerprint density at radius 3 is 2.76 bits per heavy atom. The second-order valence-electron chi connectivity index (χ2n) is 4.79. The Morgan fingerprint density at radius 2 is 2.10 bits per heavy atom. The van der Waals surface area contributed by atoms with Crippen LogP contribution in [-0.4, -0.2) is 6.34 Å². The van der Waals surface area contributed by atoms with Crippen molar-refractivity contribution in [3.8, 4) is 10.4 Å². The van der Waals surface area contributed by atoms with Crippen molar-refractivity contribution in [2.45, 2.75) is 19.9 Å². The fourth-order valence-electron chi connectivity index (χ4n) is 2.38. The maximum absolute atomic E-state index is 6.13. The quantitative estimate of drug-likeness (QED) is 0.789. The molecular weight excluding hydrogens is 323 g/mol. The number of nitrogens with zero attached hydrogens (tertiary/aromatic N) is 1. The van der Waals surface area contributed by atoms with Gasteiger partial charge in [-0.3, -0.25) is 4.99 Å². The lowest BCUT2D eigenvalue weighted by atomic mass is 9.98. The van der Waals surface area contributed by atoms with E-state index in [1.54, 1.807) is 6.34 Å². The van der Waals surface area contributed by atoms with Crippen LogP contribution in [0.2, 0.25) is 5.02 Å². The lowest BCUT2D eigenvalue weighted by molar-refractivity contribution is 0.881. The van der Waals surface area contributed by atoms with Crippen molar-refractivity contribution < 1.29 is 0 Å². The molecule has 0 aliphatic carbocycles. The summed E-state index contributed by atoms with van der Waals surface area (Å²) in [5.74, 6) is 0. The summed E-state index contributed by atoms with van der Waals surface area (Å²) in [4.78, 5) is 7.12. The van der Waals surface area contributed by atoms with E-state index in [0.717, 1.165) is 10.6 Å². The van der Waals surface area contributed by atoms with Gasteiger partial charge in [0.05, 0.1) is 12.4 Å². The molecule has 1 aromatic heterocycles. The van der Waals surface area contributed by atoms with E-state index < -0.39 is 0 Å². The fraction of sp³-hybridized carbons (Fsp3) is 0.188. The second-order valence-corrected chi connectivity index (χ2v) is 6.45. The molecule has 5 heteroatoms. The zero-order valence-electron chi connectivity index (χ0n) is 11.8. The van der Waals surface area contributed by atoms with Crippen molar-refractivity contribution >= 4 is 41.7 Å². The highest BCUT2D eigenvalue weighted by Crippen LogP contribution is 2.41. The van der Waals surface area contributed by atoms with Crippen molar-refractivity contribution in [1.82, 2.24) is 5.32 Å². The molecule has 0 spiro atoms. The Bertz CT molecular complexity index is 692. The number of halogens is 2. The van der Waals surface area contributed by atoms with E-state index in [1.165, 1.54) is 20.9 Å². The number of nitrogens with one attached hydrogen (secondary N) is 1. The molecule has 1 atom stereocenters. The van der Waals surface area contributed by atoms with E-state index >= 15 is 0 Å². The predicted molar refractivity (Wildman–Crippen MR) is 95.0 cm³/mol. The largest absolute Gasteiger partial charge is 0.353 e. The van der Waals surface area contributed by atoms with Gasteiger partial charge in [0.2, 0.25) is 0 Å². The van der Waals surface area contributed by atoms with Crippen LogP contribution in [0.1, 0.15) is 22.0 Å². The predicted octanol–water partition coefficient (Wildman–Crippen LogP) is 5.29. The first-order valence-corrected chi connectivity index (χ1v) is 7.66. The molecule has 2 heterocycles. The van der Waals surface area contributed by atoms with Crippen LogP contribution in [0.3, 0.4) is 0 Å². The number of aryl methyl sites for hydroxylation is 1. The second kappa shape index (κ2) is 6.65. The van der Waals surface area contributed by atoms with Crippen LogP contribution in [0.25, 0.3) is 10.4 Å². The molecule has 0 radical (unpaired) electrons. The van der Waals surface area contributed by atoms with E-state index in [4.69, 9.17) is 11.6 Å². The molecule has 0 saturated heterocycles. The van der Waals surface area contributed by atoms with E-state index in [-0.39, 0.29) is 18.4 Å². The zero-order valence-corrected chi connectivity index (χ0v) is 14.1. The maximum Gasteiger partial charge on any atom is 0.0981 e. The smallest absolute Gasteiger partial charge is 0.0981 e. The molecule has 3 rings (SSSR count). The van der Waals surface area contributed by atoms with Gasteiger partial charge in [-0.15, -0.1) is 23.7 Å². The molecule has 0 bridgehead atoms. The topological polar surface area (TPSA) is 24.4 Å². The van der Waals surface area contributed by atoms with Crippen LogP contribution in [0.4, 0.5) is 0 Å². The third-order valence-electron chi connectivity index (χ3n) is 3.50. The van der Waals surface area contributed by atoms with Crippen LogP contribution in [0, 0.1) is 13.8 Å². The Balaban J connectivity index is 0.00000161. The van der Waals surface area contributed by atoms with Gasteiger partial charge in [-0.05, 0) is 43.2 Å². The molecule has 0 fully saturated rings. The fourth-order valence-corrected chi connectivity index (χ4v) is 3.77. The van der Waals surface area contributed by atoms with Gasteiger partial charge in [-0.25, -0.2) is 0 Å². The van der Waals surface area contributed by atoms with E-state index in [0.29, 0.717) is 0 Å². The average molecular weight is 339 g/mol. The standard InChI is InChI=1S/C16H15ClN2S.ClH/c1-10-11(2)20-16(12-4-3-5-13(17)8-12)15(10)14-6-7-18-9-19-14;/h3-9,14H,1-2H3,(H,18,19);1H. The van der Waals surface area contributed by atoms with Crippen molar-refractivity contribution in [2.24, 2.45) is 4.99 Å². The Labute approximate surface area is 140 Å². The monoisotopic (exact) mass is 338 g/mol. The lowest BCUT2D eigenvalue weighted by Crippen LogP contribution is -2.09. The number of aliphatic imine (C=N–C) groups is 1. The van der Waals surface area contributed by atoms with Gasteiger partial charge in [0, 0.05) is 26.5 Å². The highest BCUT2D eigenvalue weighted by atomic mass is 35.5.